The molecule has 0 fully saturated rings. The molecule has 1 N–H and O–H groups in total. The zero-order chi connectivity index (χ0) is 10.4. The van der Waals surface area contributed by atoms with E-state index in [2.05, 4.69) is 12.2 Å². The van der Waals surface area contributed by atoms with Crippen molar-refractivity contribution in [3.05, 3.63) is 35.4 Å². The van der Waals surface area contributed by atoms with Gasteiger partial charge in [-0.05, 0) is 19.0 Å². The molecule has 0 aliphatic rings. The third-order valence-corrected chi connectivity index (χ3v) is 2.15. The SMILES string of the molecule is CCCc1ccc(C(=O)CNC)cc1. The second-order valence-electron chi connectivity index (χ2n) is 3.40. The van der Waals surface area contributed by atoms with Gasteiger partial charge in [0, 0.05) is 5.56 Å². The molecule has 1 aromatic carbocycles. The Bertz CT molecular complexity index is 290. The quantitative estimate of drug-likeness (QED) is 0.722. The van der Waals surface area contributed by atoms with Crippen molar-refractivity contribution in [2.24, 2.45) is 0 Å². The van der Waals surface area contributed by atoms with Gasteiger partial charge in [-0.3, -0.25) is 4.79 Å². The van der Waals surface area contributed by atoms with Crippen molar-refractivity contribution in [3.8, 4) is 0 Å². The Morgan fingerprint density at radius 2 is 1.93 bits per heavy atom. The van der Waals surface area contributed by atoms with E-state index in [0.29, 0.717) is 6.54 Å². The van der Waals surface area contributed by atoms with Gasteiger partial charge in [-0.2, -0.15) is 0 Å². The molecular formula is C12H17NO. The Morgan fingerprint density at radius 3 is 2.43 bits per heavy atom. The molecule has 76 valence electrons. The lowest BCUT2D eigenvalue weighted by atomic mass is 10.1. The summed E-state index contributed by atoms with van der Waals surface area (Å²) in [5.74, 6) is 0.149. The van der Waals surface area contributed by atoms with Crippen LogP contribution in [0, 0.1) is 0 Å². The van der Waals surface area contributed by atoms with E-state index in [1.54, 1.807) is 7.05 Å². The number of carbonyl (C=O) groups excluding carboxylic acids is 1. The summed E-state index contributed by atoms with van der Waals surface area (Å²) in [6, 6.07) is 7.88. The molecular weight excluding hydrogens is 174 g/mol. The molecule has 2 nitrogen and oxygen atoms in total. The molecule has 0 aliphatic carbocycles. The maximum absolute atomic E-state index is 11.5. The van der Waals surface area contributed by atoms with Crippen molar-refractivity contribution in [2.45, 2.75) is 19.8 Å². The molecule has 0 heterocycles. The highest BCUT2D eigenvalue weighted by atomic mass is 16.1. The number of carbonyl (C=O) groups is 1. The number of rotatable bonds is 5. The van der Waals surface area contributed by atoms with Crippen LogP contribution in [0.4, 0.5) is 0 Å². The van der Waals surface area contributed by atoms with Crippen molar-refractivity contribution in [1.82, 2.24) is 5.32 Å². The van der Waals surface area contributed by atoms with Crippen LogP contribution in [0.15, 0.2) is 24.3 Å². The van der Waals surface area contributed by atoms with Crippen LogP contribution >= 0.6 is 0 Å². The number of likely N-dealkylation sites (N-methyl/N-ethyl adjacent to an activating group) is 1. The van der Waals surface area contributed by atoms with Gasteiger partial charge < -0.3 is 5.32 Å². The van der Waals surface area contributed by atoms with Gasteiger partial charge >= 0.3 is 0 Å². The number of Topliss-reactive ketones (excluding diaryl/α,β-unsaturated/α-hetero) is 1. The third kappa shape index (κ3) is 2.96. The van der Waals surface area contributed by atoms with Gasteiger partial charge in [-0.15, -0.1) is 0 Å². The maximum atomic E-state index is 11.5. The van der Waals surface area contributed by atoms with Crippen molar-refractivity contribution in [1.29, 1.82) is 0 Å². The molecule has 0 saturated carbocycles. The van der Waals surface area contributed by atoms with E-state index in [-0.39, 0.29) is 5.78 Å². The van der Waals surface area contributed by atoms with Crippen LogP contribution in [0.1, 0.15) is 29.3 Å². The second-order valence-corrected chi connectivity index (χ2v) is 3.40. The minimum absolute atomic E-state index is 0.149. The van der Waals surface area contributed by atoms with Crippen LogP contribution in [-0.4, -0.2) is 19.4 Å². The Balaban J connectivity index is 2.67. The highest BCUT2D eigenvalue weighted by molar-refractivity contribution is 5.97. The zero-order valence-electron chi connectivity index (χ0n) is 8.84. The smallest absolute Gasteiger partial charge is 0.176 e. The molecule has 0 aliphatic heterocycles. The zero-order valence-corrected chi connectivity index (χ0v) is 8.84. The predicted molar refractivity (Wildman–Crippen MR) is 58.7 cm³/mol. The molecule has 1 aromatic rings. The molecule has 0 atom stereocenters. The summed E-state index contributed by atoms with van der Waals surface area (Å²) in [5, 5.41) is 2.86. The lowest BCUT2D eigenvalue weighted by Gasteiger charge is -2.02. The first-order chi connectivity index (χ1) is 6.77. The number of hydrogen-bond donors (Lipinski definition) is 1. The van der Waals surface area contributed by atoms with Crippen LogP contribution in [0.2, 0.25) is 0 Å². The van der Waals surface area contributed by atoms with Crippen molar-refractivity contribution < 1.29 is 4.79 Å². The minimum Gasteiger partial charge on any atom is -0.313 e. The molecule has 14 heavy (non-hydrogen) atoms. The molecule has 0 unspecified atom stereocenters. The average molecular weight is 191 g/mol. The van der Waals surface area contributed by atoms with Crippen LogP contribution in [0.25, 0.3) is 0 Å². The Kier molecular flexibility index (Phi) is 4.33. The Hall–Kier alpha value is -1.15. The first-order valence-electron chi connectivity index (χ1n) is 5.04. The summed E-state index contributed by atoms with van der Waals surface area (Å²) in [6.07, 6.45) is 2.23. The summed E-state index contributed by atoms with van der Waals surface area (Å²) in [7, 11) is 1.78. The monoisotopic (exact) mass is 191 g/mol. The highest BCUT2D eigenvalue weighted by Crippen LogP contribution is 2.06. The standard InChI is InChI=1S/C12H17NO/c1-3-4-10-5-7-11(8-6-10)12(14)9-13-2/h5-8,13H,3-4,9H2,1-2H3. The summed E-state index contributed by atoms with van der Waals surface area (Å²) in [5.41, 5.74) is 2.09. The first-order valence-corrected chi connectivity index (χ1v) is 5.04. The lowest BCUT2D eigenvalue weighted by molar-refractivity contribution is 0.0993. The molecule has 0 radical (unpaired) electrons. The van der Waals surface area contributed by atoms with Crippen LogP contribution in [0.3, 0.4) is 0 Å². The van der Waals surface area contributed by atoms with Crippen LogP contribution < -0.4 is 5.32 Å². The largest absolute Gasteiger partial charge is 0.313 e. The molecule has 1 rings (SSSR count). The van der Waals surface area contributed by atoms with E-state index < -0.39 is 0 Å². The molecule has 0 spiro atoms. The van der Waals surface area contributed by atoms with Gasteiger partial charge in [0.25, 0.3) is 0 Å². The fraction of sp³-hybridized carbons (Fsp3) is 0.417. The van der Waals surface area contributed by atoms with E-state index in [9.17, 15) is 4.79 Å². The van der Waals surface area contributed by atoms with E-state index in [1.807, 2.05) is 24.3 Å². The van der Waals surface area contributed by atoms with Crippen molar-refractivity contribution >= 4 is 5.78 Å². The molecule has 0 saturated heterocycles. The van der Waals surface area contributed by atoms with Crippen LogP contribution in [-0.2, 0) is 6.42 Å². The highest BCUT2D eigenvalue weighted by Gasteiger charge is 2.03. The summed E-state index contributed by atoms with van der Waals surface area (Å²) in [4.78, 5) is 11.5. The van der Waals surface area contributed by atoms with E-state index in [1.165, 1.54) is 5.56 Å². The van der Waals surface area contributed by atoms with Gasteiger partial charge in [0.1, 0.15) is 0 Å². The Morgan fingerprint density at radius 1 is 1.29 bits per heavy atom. The molecule has 2 heteroatoms. The van der Waals surface area contributed by atoms with Gasteiger partial charge in [0.15, 0.2) is 5.78 Å². The summed E-state index contributed by atoms with van der Waals surface area (Å²) >= 11 is 0. The topological polar surface area (TPSA) is 29.1 Å². The third-order valence-electron chi connectivity index (χ3n) is 2.15. The fourth-order valence-electron chi connectivity index (χ4n) is 1.41. The molecule has 0 bridgehead atoms. The number of aryl methyl sites for hydroxylation is 1. The summed E-state index contributed by atoms with van der Waals surface area (Å²) in [6.45, 7) is 2.56. The number of benzene rings is 1. The fourth-order valence-corrected chi connectivity index (χ4v) is 1.41. The number of ketones is 1. The lowest BCUT2D eigenvalue weighted by Crippen LogP contribution is -2.18. The van der Waals surface area contributed by atoms with Gasteiger partial charge in [0.2, 0.25) is 0 Å². The average Bonchev–Trinajstić information content (AvgIpc) is 2.20. The first kappa shape index (κ1) is 10.9. The number of hydrogen-bond acceptors (Lipinski definition) is 2. The van der Waals surface area contributed by atoms with Crippen molar-refractivity contribution in [3.63, 3.8) is 0 Å². The van der Waals surface area contributed by atoms with E-state index in [0.717, 1.165) is 18.4 Å². The second kappa shape index (κ2) is 5.55. The predicted octanol–water partition coefficient (Wildman–Crippen LogP) is 2.04. The molecule has 0 aromatic heterocycles. The van der Waals surface area contributed by atoms with Gasteiger partial charge in [0.05, 0.1) is 6.54 Å². The van der Waals surface area contributed by atoms with Gasteiger partial charge in [-0.25, -0.2) is 0 Å². The summed E-state index contributed by atoms with van der Waals surface area (Å²) < 4.78 is 0. The van der Waals surface area contributed by atoms with Crippen molar-refractivity contribution in [2.75, 3.05) is 13.6 Å². The van der Waals surface area contributed by atoms with Crippen LogP contribution in [0.5, 0.6) is 0 Å². The minimum atomic E-state index is 0.149. The van der Waals surface area contributed by atoms with E-state index in [4.69, 9.17) is 0 Å². The Labute approximate surface area is 85.3 Å². The van der Waals surface area contributed by atoms with E-state index >= 15 is 0 Å². The normalized spacial score (nSPS) is 10.1. The van der Waals surface area contributed by atoms with Gasteiger partial charge in [-0.1, -0.05) is 37.6 Å². The maximum Gasteiger partial charge on any atom is 0.176 e. The number of nitrogens with one attached hydrogen (secondary N) is 1. The molecule has 0 amide bonds.